The Kier molecular flexibility index (Phi) is 4.89. The van der Waals surface area contributed by atoms with E-state index in [1.54, 1.807) is 48.0 Å². The van der Waals surface area contributed by atoms with Gasteiger partial charge in [-0.15, -0.1) is 11.3 Å². The Morgan fingerprint density at radius 1 is 1.07 bits per heavy atom. The number of hydrogen-bond acceptors (Lipinski definition) is 5. The first-order valence-corrected chi connectivity index (χ1v) is 10.9. The summed E-state index contributed by atoms with van der Waals surface area (Å²) in [7, 11) is -4.04. The van der Waals surface area contributed by atoms with Gasteiger partial charge in [0.2, 0.25) is 0 Å². The van der Waals surface area contributed by atoms with Crippen LogP contribution in [0.4, 0.5) is 0 Å². The Morgan fingerprint density at radius 2 is 1.86 bits per heavy atom. The number of carbonyl (C=O) groups is 1. The van der Waals surface area contributed by atoms with Gasteiger partial charge in [-0.2, -0.15) is 0 Å². The number of rotatable bonds is 4. The van der Waals surface area contributed by atoms with Crippen LogP contribution in [0.5, 0.6) is 0 Å². The molecule has 2 heterocycles. The van der Waals surface area contributed by atoms with Gasteiger partial charge in [0.05, 0.1) is 10.5 Å². The van der Waals surface area contributed by atoms with E-state index in [1.807, 2.05) is 12.1 Å². The van der Waals surface area contributed by atoms with Crippen LogP contribution in [0.1, 0.15) is 10.4 Å². The highest BCUT2D eigenvalue weighted by molar-refractivity contribution is 7.90. The number of benzene rings is 2. The van der Waals surface area contributed by atoms with Gasteiger partial charge in [-0.1, -0.05) is 35.9 Å². The van der Waals surface area contributed by atoms with Crippen molar-refractivity contribution in [3.8, 4) is 10.4 Å². The van der Waals surface area contributed by atoms with Crippen molar-refractivity contribution in [1.29, 1.82) is 0 Å². The zero-order valence-corrected chi connectivity index (χ0v) is 16.7. The first-order chi connectivity index (χ1) is 13.4. The molecular weight excluding hydrogens is 416 g/mol. The number of fused-ring (bicyclic) bond motifs is 1. The Labute approximate surface area is 170 Å². The lowest BCUT2D eigenvalue weighted by molar-refractivity contribution is 0.0982. The van der Waals surface area contributed by atoms with Crippen LogP contribution in [0.25, 0.3) is 21.2 Å². The second-order valence-electron chi connectivity index (χ2n) is 5.99. The molecule has 0 aliphatic heterocycles. The van der Waals surface area contributed by atoms with Crippen molar-refractivity contribution in [3.63, 3.8) is 0 Å². The van der Waals surface area contributed by atoms with Gasteiger partial charge in [0.1, 0.15) is 0 Å². The number of carbonyl (C=O) groups excluding carboxylic acids is 1. The fourth-order valence-electron chi connectivity index (χ4n) is 2.78. The molecule has 28 heavy (non-hydrogen) atoms. The molecule has 0 atom stereocenters. The number of aromatic nitrogens is 1. The molecule has 0 saturated heterocycles. The summed E-state index contributed by atoms with van der Waals surface area (Å²) in [5.41, 5.74) is 1.18. The third-order valence-electron chi connectivity index (χ3n) is 4.15. The Hall–Kier alpha value is -2.74. The van der Waals surface area contributed by atoms with E-state index >= 15 is 0 Å². The molecule has 0 unspecified atom stereocenters. The number of halogens is 1. The molecule has 0 aliphatic rings. The van der Waals surface area contributed by atoms with Gasteiger partial charge < -0.3 is 0 Å². The monoisotopic (exact) mass is 428 g/mol. The van der Waals surface area contributed by atoms with Crippen molar-refractivity contribution in [2.45, 2.75) is 4.90 Å². The second kappa shape index (κ2) is 7.35. The molecule has 4 aromatic rings. The fourth-order valence-corrected chi connectivity index (χ4v) is 5.01. The summed E-state index contributed by atoms with van der Waals surface area (Å²) in [6.07, 6.45) is 3.09. The molecule has 1 N–H and O–H groups in total. The Morgan fingerprint density at radius 3 is 2.64 bits per heavy atom. The largest absolute Gasteiger partial charge is 0.268 e. The van der Waals surface area contributed by atoms with Gasteiger partial charge in [-0.3, -0.25) is 9.78 Å². The molecule has 4 rings (SSSR count). The van der Waals surface area contributed by atoms with Crippen LogP contribution in [0.15, 0.2) is 77.3 Å². The first kappa shape index (κ1) is 18.6. The third-order valence-corrected chi connectivity index (χ3v) is 6.77. The zero-order valence-electron chi connectivity index (χ0n) is 14.3. The number of hydrogen-bond donors (Lipinski definition) is 1. The average Bonchev–Trinajstić information content (AvgIpc) is 3.18. The van der Waals surface area contributed by atoms with E-state index in [9.17, 15) is 13.2 Å². The minimum Gasteiger partial charge on any atom is -0.268 e. The summed E-state index contributed by atoms with van der Waals surface area (Å²) in [6, 6.07) is 15.3. The maximum absolute atomic E-state index is 12.8. The minimum atomic E-state index is -4.04. The van der Waals surface area contributed by atoms with Crippen molar-refractivity contribution >= 4 is 49.6 Å². The van der Waals surface area contributed by atoms with Gasteiger partial charge in [0, 0.05) is 38.4 Å². The Bertz CT molecular complexity index is 1280. The van der Waals surface area contributed by atoms with Gasteiger partial charge in [0.25, 0.3) is 15.9 Å². The lowest BCUT2D eigenvalue weighted by Crippen LogP contribution is -2.30. The standard InChI is InChI=1S/C20H13ClN2O3S2/c21-16-6-4-13(5-7-16)18-10-15(12-27-18)20(24)23-28(25,26)19-3-1-2-14-11-22-9-8-17(14)19/h1-12H,(H,23,24). The van der Waals surface area contributed by atoms with Gasteiger partial charge in [-0.05, 0) is 35.9 Å². The van der Waals surface area contributed by atoms with Crippen LogP contribution >= 0.6 is 22.9 Å². The highest BCUT2D eigenvalue weighted by atomic mass is 35.5. The maximum atomic E-state index is 12.8. The molecule has 1 amide bonds. The van der Waals surface area contributed by atoms with Gasteiger partial charge in [-0.25, -0.2) is 13.1 Å². The van der Waals surface area contributed by atoms with E-state index in [1.165, 1.54) is 23.6 Å². The summed E-state index contributed by atoms with van der Waals surface area (Å²) < 4.78 is 27.7. The highest BCUT2D eigenvalue weighted by Crippen LogP contribution is 2.29. The van der Waals surface area contributed by atoms with Gasteiger partial charge in [0.15, 0.2) is 0 Å². The fraction of sp³-hybridized carbons (Fsp3) is 0. The van der Waals surface area contributed by atoms with Gasteiger partial charge >= 0.3 is 0 Å². The number of sulfonamides is 1. The summed E-state index contributed by atoms with van der Waals surface area (Å²) in [6.45, 7) is 0. The predicted octanol–water partition coefficient (Wildman–Crippen LogP) is 4.74. The first-order valence-electron chi connectivity index (χ1n) is 8.18. The van der Waals surface area contributed by atoms with Crippen molar-refractivity contribution in [2.24, 2.45) is 0 Å². The molecule has 2 aromatic carbocycles. The maximum Gasteiger partial charge on any atom is 0.265 e. The van der Waals surface area contributed by atoms with E-state index in [2.05, 4.69) is 9.71 Å². The van der Waals surface area contributed by atoms with E-state index < -0.39 is 15.9 Å². The van der Waals surface area contributed by atoms with E-state index in [-0.39, 0.29) is 10.5 Å². The summed E-state index contributed by atoms with van der Waals surface area (Å²) in [4.78, 5) is 17.4. The van der Waals surface area contributed by atoms with Crippen LogP contribution in [-0.4, -0.2) is 19.3 Å². The van der Waals surface area contributed by atoms with Crippen LogP contribution in [0.2, 0.25) is 5.02 Å². The SMILES string of the molecule is O=C(NS(=O)(=O)c1cccc2cnccc12)c1csc(-c2ccc(Cl)cc2)c1. The lowest BCUT2D eigenvalue weighted by atomic mass is 10.1. The summed E-state index contributed by atoms with van der Waals surface area (Å²) in [5.74, 6) is -0.678. The number of amides is 1. The quantitative estimate of drug-likeness (QED) is 0.509. The van der Waals surface area contributed by atoms with Crippen LogP contribution < -0.4 is 4.72 Å². The lowest BCUT2D eigenvalue weighted by Gasteiger charge is -2.08. The molecular formula is C20H13ClN2O3S2. The molecule has 0 spiro atoms. The van der Waals surface area contributed by atoms with E-state index in [0.29, 0.717) is 15.8 Å². The number of nitrogens with one attached hydrogen (secondary N) is 1. The number of thiophene rings is 1. The van der Waals surface area contributed by atoms with Crippen LogP contribution in [0, 0.1) is 0 Å². The predicted molar refractivity (Wildman–Crippen MR) is 111 cm³/mol. The van der Waals surface area contributed by atoms with Crippen molar-refractivity contribution < 1.29 is 13.2 Å². The smallest absolute Gasteiger partial charge is 0.265 e. The topological polar surface area (TPSA) is 76.1 Å². The molecule has 0 bridgehead atoms. The molecule has 0 aliphatic carbocycles. The van der Waals surface area contributed by atoms with Crippen LogP contribution in [0.3, 0.4) is 0 Å². The molecule has 0 fully saturated rings. The molecule has 8 heteroatoms. The normalized spacial score (nSPS) is 11.5. The molecule has 5 nitrogen and oxygen atoms in total. The number of nitrogens with zero attached hydrogens (tertiary/aromatic N) is 1. The van der Waals surface area contributed by atoms with E-state index in [0.717, 1.165) is 10.4 Å². The van der Waals surface area contributed by atoms with Crippen molar-refractivity contribution in [3.05, 3.63) is 83.0 Å². The third kappa shape index (κ3) is 3.64. The van der Waals surface area contributed by atoms with Crippen molar-refractivity contribution in [2.75, 3.05) is 0 Å². The number of pyridine rings is 1. The molecule has 0 radical (unpaired) electrons. The highest BCUT2D eigenvalue weighted by Gasteiger charge is 2.22. The van der Waals surface area contributed by atoms with Crippen molar-refractivity contribution in [1.82, 2.24) is 9.71 Å². The zero-order chi connectivity index (χ0) is 19.7. The summed E-state index contributed by atoms with van der Waals surface area (Å²) >= 11 is 7.25. The van der Waals surface area contributed by atoms with E-state index in [4.69, 9.17) is 11.6 Å². The molecule has 2 aromatic heterocycles. The molecule has 0 saturated carbocycles. The minimum absolute atomic E-state index is 0.0360. The second-order valence-corrected chi connectivity index (χ2v) is 8.99. The average molecular weight is 429 g/mol. The Balaban J connectivity index is 1.62. The summed E-state index contributed by atoms with van der Waals surface area (Å²) in [5, 5.41) is 3.43. The van der Waals surface area contributed by atoms with Crippen LogP contribution in [-0.2, 0) is 10.0 Å². The molecule has 140 valence electrons.